The number of hydrogen-bond donors (Lipinski definition) is 1. The standard InChI is InChI=1S/C28H33NO3/c1-21(29-17-16-23-11-15-27(31-3)28(19-23)32-4)18-25-20-26(30-2)14-13-24(25)12-10-22-8-6-5-7-9-22/h5-15,19-21,29H,16-18H2,1-4H3/b12-10+. The monoisotopic (exact) mass is 431 g/mol. The minimum absolute atomic E-state index is 0.325. The Hall–Kier alpha value is -3.24. The molecular weight excluding hydrogens is 398 g/mol. The van der Waals surface area contributed by atoms with Crippen molar-refractivity contribution >= 4 is 12.2 Å². The Morgan fingerprint density at radius 2 is 1.59 bits per heavy atom. The summed E-state index contributed by atoms with van der Waals surface area (Å²) in [5.74, 6) is 2.41. The molecule has 0 amide bonds. The van der Waals surface area contributed by atoms with Crippen molar-refractivity contribution in [3.05, 3.63) is 89.0 Å². The van der Waals surface area contributed by atoms with E-state index in [-0.39, 0.29) is 0 Å². The van der Waals surface area contributed by atoms with E-state index >= 15 is 0 Å². The summed E-state index contributed by atoms with van der Waals surface area (Å²) in [6, 6.07) is 23.1. The van der Waals surface area contributed by atoms with Crippen LogP contribution in [0.3, 0.4) is 0 Å². The van der Waals surface area contributed by atoms with Gasteiger partial charge in [0.15, 0.2) is 11.5 Å². The minimum Gasteiger partial charge on any atom is -0.497 e. The number of benzene rings is 3. The van der Waals surface area contributed by atoms with Crippen LogP contribution in [0.5, 0.6) is 17.2 Å². The fourth-order valence-corrected chi connectivity index (χ4v) is 3.70. The maximum absolute atomic E-state index is 5.47. The Kier molecular flexibility index (Phi) is 8.76. The smallest absolute Gasteiger partial charge is 0.160 e. The first kappa shape index (κ1) is 23.4. The average molecular weight is 432 g/mol. The fraction of sp³-hybridized carbons (Fsp3) is 0.286. The molecule has 0 radical (unpaired) electrons. The van der Waals surface area contributed by atoms with Crippen molar-refractivity contribution in [1.82, 2.24) is 5.32 Å². The van der Waals surface area contributed by atoms with Gasteiger partial charge >= 0.3 is 0 Å². The molecule has 1 N–H and O–H groups in total. The Morgan fingerprint density at radius 1 is 0.812 bits per heavy atom. The lowest BCUT2D eigenvalue weighted by Crippen LogP contribution is -2.30. The van der Waals surface area contributed by atoms with Crippen LogP contribution >= 0.6 is 0 Å². The van der Waals surface area contributed by atoms with Crippen molar-refractivity contribution in [3.63, 3.8) is 0 Å². The lowest BCUT2D eigenvalue weighted by Gasteiger charge is -2.17. The van der Waals surface area contributed by atoms with E-state index < -0.39 is 0 Å². The van der Waals surface area contributed by atoms with Gasteiger partial charge in [-0.05, 0) is 72.8 Å². The molecule has 4 heteroatoms. The van der Waals surface area contributed by atoms with E-state index in [1.54, 1.807) is 21.3 Å². The van der Waals surface area contributed by atoms with Gasteiger partial charge in [0.1, 0.15) is 5.75 Å². The van der Waals surface area contributed by atoms with Crippen LogP contribution < -0.4 is 19.5 Å². The fourth-order valence-electron chi connectivity index (χ4n) is 3.70. The minimum atomic E-state index is 0.325. The van der Waals surface area contributed by atoms with Crippen LogP contribution in [0.25, 0.3) is 12.2 Å². The highest BCUT2D eigenvalue weighted by molar-refractivity contribution is 5.71. The maximum atomic E-state index is 5.47. The summed E-state index contributed by atoms with van der Waals surface area (Å²) in [4.78, 5) is 0. The Bertz CT molecular complexity index is 1010. The van der Waals surface area contributed by atoms with Crippen LogP contribution in [-0.2, 0) is 12.8 Å². The van der Waals surface area contributed by atoms with E-state index in [1.807, 2.05) is 24.3 Å². The van der Waals surface area contributed by atoms with Gasteiger partial charge in [-0.15, -0.1) is 0 Å². The molecule has 0 aliphatic carbocycles. The third-order valence-corrected chi connectivity index (χ3v) is 5.49. The molecule has 1 atom stereocenters. The molecule has 1 unspecified atom stereocenters. The van der Waals surface area contributed by atoms with Gasteiger partial charge in [-0.25, -0.2) is 0 Å². The van der Waals surface area contributed by atoms with Crippen molar-refractivity contribution in [1.29, 1.82) is 0 Å². The molecule has 3 aromatic carbocycles. The molecule has 0 bridgehead atoms. The topological polar surface area (TPSA) is 39.7 Å². The molecule has 0 spiro atoms. The van der Waals surface area contributed by atoms with Gasteiger partial charge in [0.25, 0.3) is 0 Å². The zero-order valence-electron chi connectivity index (χ0n) is 19.4. The number of rotatable bonds is 11. The summed E-state index contributed by atoms with van der Waals surface area (Å²) < 4.78 is 16.2. The van der Waals surface area contributed by atoms with Crippen LogP contribution in [0.2, 0.25) is 0 Å². The predicted octanol–water partition coefficient (Wildman–Crippen LogP) is 5.65. The van der Waals surface area contributed by atoms with Gasteiger partial charge in [0.2, 0.25) is 0 Å². The van der Waals surface area contributed by atoms with Gasteiger partial charge in [-0.1, -0.05) is 54.6 Å². The molecule has 3 rings (SSSR count). The van der Waals surface area contributed by atoms with E-state index in [0.717, 1.165) is 36.6 Å². The van der Waals surface area contributed by atoms with Crippen molar-refractivity contribution in [2.45, 2.75) is 25.8 Å². The first-order chi connectivity index (χ1) is 15.6. The van der Waals surface area contributed by atoms with Gasteiger partial charge in [-0.3, -0.25) is 0 Å². The van der Waals surface area contributed by atoms with Crippen LogP contribution in [-0.4, -0.2) is 33.9 Å². The molecule has 0 aliphatic heterocycles. The third kappa shape index (κ3) is 6.63. The highest BCUT2D eigenvalue weighted by atomic mass is 16.5. The molecule has 3 aromatic rings. The molecule has 0 aromatic heterocycles. The molecule has 0 heterocycles. The molecule has 0 fully saturated rings. The van der Waals surface area contributed by atoms with E-state index in [9.17, 15) is 0 Å². The van der Waals surface area contributed by atoms with Gasteiger partial charge < -0.3 is 19.5 Å². The summed E-state index contributed by atoms with van der Waals surface area (Å²) in [5, 5.41) is 3.65. The second kappa shape index (κ2) is 12.0. The molecule has 168 valence electrons. The molecule has 4 nitrogen and oxygen atoms in total. The third-order valence-electron chi connectivity index (χ3n) is 5.49. The van der Waals surface area contributed by atoms with Gasteiger partial charge in [0, 0.05) is 6.04 Å². The van der Waals surface area contributed by atoms with Crippen LogP contribution in [0, 0.1) is 0 Å². The zero-order valence-corrected chi connectivity index (χ0v) is 19.4. The normalized spacial score (nSPS) is 12.0. The molecule has 32 heavy (non-hydrogen) atoms. The number of nitrogens with one attached hydrogen (secondary N) is 1. The Labute approximate surface area is 191 Å². The summed E-state index contributed by atoms with van der Waals surface area (Å²) in [5.41, 5.74) is 4.89. The Morgan fingerprint density at radius 3 is 2.31 bits per heavy atom. The lowest BCUT2D eigenvalue weighted by molar-refractivity contribution is 0.354. The lowest BCUT2D eigenvalue weighted by atomic mass is 9.99. The first-order valence-electron chi connectivity index (χ1n) is 11.0. The first-order valence-corrected chi connectivity index (χ1v) is 11.0. The number of ether oxygens (including phenoxy) is 3. The second-order valence-corrected chi connectivity index (χ2v) is 7.81. The van der Waals surface area contributed by atoms with Gasteiger partial charge in [-0.2, -0.15) is 0 Å². The molecular formula is C28H33NO3. The van der Waals surface area contributed by atoms with E-state index in [0.29, 0.717) is 6.04 Å². The predicted molar refractivity (Wildman–Crippen MR) is 133 cm³/mol. The number of methoxy groups -OCH3 is 3. The quantitative estimate of drug-likeness (QED) is 0.399. The zero-order chi connectivity index (χ0) is 22.8. The van der Waals surface area contributed by atoms with Gasteiger partial charge in [0.05, 0.1) is 21.3 Å². The van der Waals surface area contributed by atoms with E-state index in [2.05, 4.69) is 66.9 Å². The summed E-state index contributed by atoms with van der Waals surface area (Å²) in [6.07, 6.45) is 6.17. The van der Waals surface area contributed by atoms with E-state index in [4.69, 9.17) is 14.2 Å². The summed E-state index contributed by atoms with van der Waals surface area (Å²) in [7, 11) is 5.03. The number of hydrogen-bond acceptors (Lipinski definition) is 4. The van der Waals surface area contributed by atoms with Crippen molar-refractivity contribution in [2.24, 2.45) is 0 Å². The summed E-state index contributed by atoms with van der Waals surface area (Å²) >= 11 is 0. The van der Waals surface area contributed by atoms with Crippen molar-refractivity contribution in [3.8, 4) is 17.2 Å². The molecule has 0 saturated carbocycles. The van der Waals surface area contributed by atoms with Crippen LogP contribution in [0.4, 0.5) is 0 Å². The van der Waals surface area contributed by atoms with E-state index in [1.165, 1.54) is 22.3 Å². The molecule has 0 aliphatic rings. The second-order valence-electron chi connectivity index (χ2n) is 7.81. The van der Waals surface area contributed by atoms with Crippen molar-refractivity contribution in [2.75, 3.05) is 27.9 Å². The maximum Gasteiger partial charge on any atom is 0.160 e. The van der Waals surface area contributed by atoms with Crippen molar-refractivity contribution < 1.29 is 14.2 Å². The largest absolute Gasteiger partial charge is 0.497 e. The highest BCUT2D eigenvalue weighted by Gasteiger charge is 2.09. The van der Waals surface area contributed by atoms with Crippen LogP contribution in [0.1, 0.15) is 29.2 Å². The average Bonchev–Trinajstić information content (AvgIpc) is 2.83. The SMILES string of the molecule is COc1ccc(/C=C/c2ccccc2)c(CC(C)NCCc2ccc(OC)c(OC)c2)c1. The Balaban J connectivity index is 1.62. The summed E-state index contributed by atoms with van der Waals surface area (Å²) in [6.45, 7) is 3.11. The highest BCUT2D eigenvalue weighted by Crippen LogP contribution is 2.27. The molecule has 0 saturated heterocycles. The van der Waals surface area contributed by atoms with Crippen LogP contribution in [0.15, 0.2) is 66.7 Å².